The zero-order chi connectivity index (χ0) is 33.2. The molecular weight excluding hydrogens is 637 g/mol. The average molecular weight is 661 g/mol. The van der Waals surface area contributed by atoms with Crippen molar-refractivity contribution >= 4 is 60.0 Å². The summed E-state index contributed by atoms with van der Waals surface area (Å²) >= 11 is 0. The zero-order valence-electron chi connectivity index (χ0n) is 24.8. The van der Waals surface area contributed by atoms with Gasteiger partial charge >= 0.3 is 6.61 Å². The molecule has 2 aromatic carbocycles. The maximum absolute atomic E-state index is 14.7. The number of rotatable bonds is 7. The molecule has 7 rings (SSSR count). The highest BCUT2D eigenvalue weighted by Gasteiger charge is 2.27. The summed E-state index contributed by atoms with van der Waals surface area (Å²) in [6, 6.07) is 15.5. The number of carbonyl (C=O) groups is 1. The van der Waals surface area contributed by atoms with E-state index in [0.29, 0.717) is 44.1 Å². The summed E-state index contributed by atoms with van der Waals surface area (Å²) in [5, 5.41) is 3.29. The minimum Gasteiger partial charge on any atom is -0.455 e. The van der Waals surface area contributed by atoms with Gasteiger partial charge in [0, 0.05) is 54.3 Å². The van der Waals surface area contributed by atoms with E-state index in [0.717, 1.165) is 10.6 Å². The Morgan fingerprint density at radius 2 is 1.85 bits per heavy atom. The molecule has 0 radical (unpaired) electrons. The molecule has 0 fully saturated rings. The van der Waals surface area contributed by atoms with E-state index in [4.69, 9.17) is 9.40 Å². The fraction of sp³-hybridized carbons (Fsp3) is 0.125. The number of nitrogens with zero attached hydrogens (tertiary/aromatic N) is 5. The van der Waals surface area contributed by atoms with Crippen molar-refractivity contribution in [3.8, 4) is 28.5 Å². The Kier molecular flexibility index (Phi) is 7.00. The van der Waals surface area contributed by atoms with Gasteiger partial charge in [0.25, 0.3) is 5.91 Å². The largest absolute Gasteiger partial charge is 0.455 e. The number of pyridine rings is 2. The first kappa shape index (κ1) is 30.0. The van der Waals surface area contributed by atoms with Gasteiger partial charge in [-0.25, -0.2) is 27.8 Å². The van der Waals surface area contributed by atoms with Gasteiger partial charge in [0.2, 0.25) is 15.9 Å². The second-order valence-corrected chi connectivity index (χ2v) is 12.6. The standard InChI is InChI=1S/C32H23F3N6O5S/c1-36-31(42)28-19-11-18(21-8-9-22-29(39-21)25-12-17-20(33)5-4-6-23(17)41(25)15-38-22)24(40(2)47(3,43)44)13-26(19)45-30(28)16-7-10-27(37-14-16)46-32(34)35/h4-15,32H,1-3H3,(H,36,42). The number of nitrogens with one attached hydrogen (secondary N) is 1. The summed E-state index contributed by atoms with van der Waals surface area (Å²) in [4.78, 5) is 26.5. The normalized spacial score (nSPS) is 12.1. The Bertz CT molecular complexity index is 2500. The van der Waals surface area contributed by atoms with Gasteiger partial charge < -0.3 is 14.5 Å². The van der Waals surface area contributed by atoms with Crippen LogP contribution in [0.1, 0.15) is 10.4 Å². The predicted molar refractivity (Wildman–Crippen MR) is 170 cm³/mol. The molecule has 0 spiro atoms. The van der Waals surface area contributed by atoms with Crippen molar-refractivity contribution in [2.75, 3.05) is 24.7 Å². The second-order valence-electron chi connectivity index (χ2n) is 10.6. The summed E-state index contributed by atoms with van der Waals surface area (Å²) in [6.07, 6.45) is 3.85. The molecule has 0 aliphatic rings. The molecule has 15 heteroatoms. The SMILES string of the molecule is CNC(=O)c1c(-c2ccc(OC(F)F)nc2)oc2cc(N(C)S(C)(=O)=O)c(-c3ccc4ncn5c6cccc(F)c6cc5c4n3)cc12. The van der Waals surface area contributed by atoms with Crippen molar-refractivity contribution in [1.82, 2.24) is 24.7 Å². The van der Waals surface area contributed by atoms with E-state index in [2.05, 4.69) is 20.0 Å². The van der Waals surface area contributed by atoms with E-state index >= 15 is 0 Å². The molecule has 1 amide bonds. The Labute approximate surface area is 264 Å². The molecule has 0 aliphatic heterocycles. The van der Waals surface area contributed by atoms with Crippen LogP contribution in [0.4, 0.5) is 18.9 Å². The number of furan rings is 1. The fourth-order valence-corrected chi connectivity index (χ4v) is 6.05. The van der Waals surface area contributed by atoms with Gasteiger partial charge in [-0.3, -0.25) is 13.5 Å². The molecule has 0 unspecified atom stereocenters. The summed E-state index contributed by atoms with van der Waals surface area (Å²) < 4.78 is 78.9. The Hall–Kier alpha value is -5.70. The van der Waals surface area contributed by atoms with Crippen molar-refractivity contribution in [2.45, 2.75) is 6.61 Å². The van der Waals surface area contributed by atoms with Gasteiger partial charge in [0.1, 0.15) is 29.0 Å². The number of benzene rings is 2. The molecule has 0 bridgehead atoms. The van der Waals surface area contributed by atoms with E-state index < -0.39 is 28.4 Å². The number of ether oxygens (including phenoxy) is 1. The summed E-state index contributed by atoms with van der Waals surface area (Å²) in [5.74, 6) is -1.19. The lowest BCUT2D eigenvalue weighted by atomic mass is 10.0. The van der Waals surface area contributed by atoms with Crippen LogP contribution in [0.25, 0.3) is 61.0 Å². The number of halogens is 3. The number of hydrogen-bond donors (Lipinski definition) is 1. The lowest BCUT2D eigenvalue weighted by Gasteiger charge is -2.20. The molecule has 47 heavy (non-hydrogen) atoms. The minimum atomic E-state index is -3.80. The molecule has 7 aromatic rings. The summed E-state index contributed by atoms with van der Waals surface area (Å²) in [5.41, 5.74) is 3.56. The van der Waals surface area contributed by atoms with Crippen LogP contribution in [0.2, 0.25) is 0 Å². The monoisotopic (exact) mass is 660 g/mol. The van der Waals surface area contributed by atoms with Crippen LogP contribution in [0.15, 0.2) is 77.6 Å². The Balaban J connectivity index is 1.49. The topological polar surface area (TPSA) is 132 Å². The molecule has 1 N–H and O–H groups in total. The molecule has 11 nitrogen and oxygen atoms in total. The number of aromatic nitrogens is 4. The van der Waals surface area contributed by atoms with Crippen LogP contribution < -0.4 is 14.4 Å². The van der Waals surface area contributed by atoms with Crippen LogP contribution >= 0.6 is 0 Å². The minimum absolute atomic E-state index is 0.0693. The van der Waals surface area contributed by atoms with Gasteiger partial charge in [0.15, 0.2) is 0 Å². The van der Waals surface area contributed by atoms with Crippen LogP contribution in [0.3, 0.4) is 0 Å². The first-order valence-corrected chi connectivity index (χ1v) is 15.8. The molecule has 5 aromatic heterocycles. The summed E-state index contributed by atoms with van der Waals surface area (Å²) in [6.45, 7) is -3.07. The zero-order valence-corrected chi connectivity index (χ0v) is 25.6. The van der Waals surface area contributed by atoms with Crippen molar-refractivity contribution in [3.63, 3.8) is 0 Å². The second kappa shape index (κ2) is 11.0. The van der Waals surface area contributed by atoms with Crippen molar-refractivity contribution < 1.29 is 35.5 Å². The maximum Gasteiger partial charge on any atom is 0.388 e. The van der Waals surface area contributed by atoms with Gasteiger partial charge in [-0.15, -0.1) is 0 Å². The fourth-order valence-electron chi connectivity index (χ4n) is 5.54. The quantitative estimate of drug-likeness (QED) is 0.220. The van der Waals surface area contributed by atoms with Gasteiger partial charge in [0.05, 0.1) is 39.8 Å². The van der Waals surface area contributed by atoms with Gasteiger partial charge in [-0.1, -0.05) is 6.07 Å². The number of amides is 1. The lowest BCUT2D eigenvalue weighted by Crippen LogP contribution is -2.25. The molecule has 5 heterocycles. The molecular formula is C32H23F3N6O5S. The first-order chi connectivity index (χ1) is 22.4. The summed E-state index contributed by atoms with van der Waals surface area (Å²) in [7, 11) is -0.997. The number of hydrogen-bond acceptors (Lipinski definition) is 8. The van der Waals surface area contributed by atoms with E-state index in [1.165, 1.54) is 44.6 Å². The first-order valence-electron chi connectivity index (χ1n) is 14.0. The van der Waals surface area contributed by atoms with E-state index in [-0.39, 0.29) is 34.0 Å². The number of anilines is 1. The number of alkyl halides is 2. The third-order valence-electron chi connectivity index (χ3n) is 7.84. The Morgan fingerprint density at radius 3 is 2.55 bits per heavy atom. The van der Waals surface area contributed by atoms with Crippen LogP contribution in [-0.2, 0) is 10.0 Å². The number of fused-ring (bicyclic) bond motifs is 6. The maximum atomic E-state index is 14.7. The Morgan fingerprint density at radius 1 is 1.04 bits per heavy atom. The molecule has 0 atom stereocenters. The van der Waals surface area contributed by atoms with E-state index in [1.54, 1.807) is 47.1 Å². The average Bonchev–Trinajstić information content (AvgIpc) is 3.62. The molecule has 238 valence electrons. The predicted octanol–water partition coefficient (Wildman–Crippen LogP) is 6.01. The van der Waals surface area contributed by atoms with Crippen molar-refractivity contribution in [2.24, 2.45) is 0 Å². The lowest BCUT2D eigenvalue weighted by molar-refractivity contribution is -0.0528. The van der Waals surface area contributed by atoms with Crippen LogP contribution in [0, 0.1) is 5.82 Å². The highest BCUT2D eigenvalue weighted by atomic mass is 32.2. The highest BCUT2D eigenvalue weighted by Crippen LogP contribution is 2.41. The van der Waals surface area contributed by atoms with Crippen LogP contribution in [0.5, 0.6) is 5.88 Å². The molecule has 0 saturated heterocycles. The highest BCUT2D eigenvalue weighted by molar-refractivity contribution is 7.92. The molecule has 0 aliphatic carbocycles. The van der Waals surface area contributed by atoms with Gasteiger partial charge in [-0.05, 0) is 42.5 Å². The van der Waals surface area contributed by atoms with E-state index in [1.807, 2.05) is 0 Å². The smallest absolute Gasteiger partial charge is 0.388 e. The van der Waals surface area contributed by atoms with Crippen molar-refractivity contribution in [3.05, 3.63) is 84.6 Å². The van der Waals surface area contributed by atoms with Gasteiger partial charge in [-0.2, -0.15) is 8.78 Å². The van der Waals surface area contributed by atoms with Crippen molar-refractivity contribution in [1.29, 1.82) is 0 Å². The van der Waals surface area contributed by atoms with E-state index in [9.17, 15) is 26.4 Å². The van der Waals surface area contributed by atoms with Crippen LogP contribution in [-0.4, -0.2) is 60.6 Å². The number of sulfonamides is 1. The third kappa shape index (κ3) is 5.04. The molecule has 0 saturated carbocycles. The number of carbonyl (C=O) groups excluding carboxylic acids is 1. The third-order valence-corrected chi connectivity index (χ3v) is 9.03.